The van der Waals surface area contributed by atoms with Gasteiger partial charge in [0.1, 0.15) is 0 Å². The number of fused-ring (bicyclic) bond motifs is 3. The number of benzene rings is 4. The summed E-state index contributed by atoms with van der Waals surface area (Å²) < 4.78 is 0. The van der Waals surface area contributed by atoms with Crippen molar-refractivity contribution in [2.45, 2.75) is 33.1 Å². The molecular weight excluding hydrogens is 414 g/mol. The third-order valence-corrected chi connectivity index (χ3v) is 6.46. The predicted molar refractivity (Wildman–Crippen MR) is 147 cm³/mol. The first-order chi connectivity index (χ1) is 16.4. The summed E-state index contributed by atoms with van der Waals surface area (Å²) in [5, 5.41) is 7.17. The van der Waals surface area contributed by atoms with Crippen LogP contribution in [-0.2, 0) is 5.41 Å². The first kappa shape index (κ1) is 21.8. The summed E-state index contributed by atoms with van der Waals surface area (Å²) in [7, 11) is 0. The lowest BCUT2D eigenvalue weighted by molar-refractivity contribution is 0.591. The molecule has 1 heterocycles. The quantitative estimate of drug-likeness (QED) is 0.223. The molecule has 0 radical (unpaired) electrons. The fourth-order valence-electron chi connectivity index (χ4n) is 4.55. The van der Waals surface area contributed by atoms with Crippen molar-refractivity contribution in [1.82, 2.24) is 4.98 Å². The van der Waals surface area contributed by atoms with Crippen molar-refractivity contribution in [2.24, 2.45) is 4.99 Å². The number of aliphatic imine (C=N–C) groups is 1. The molecule has 0 aliphatic heterocycles. The first-order valence-electron chi connectivity index (χ1n) is 11.6. The number of para-hydroxylation sites is 1. The van der Waals surface area contributed by atoms with Gasteiger partial charge in [0.15, 0.2) is 0 Å². The minimum absolute atomic E-state index is 0.00984. The second-order valence-electron chi connectivity index (χ2n) is 9.82. The van der Waals surface area contributed by atoms with Gasteiger partial charge >= 0.3 is 0 Å². The molecule has 4 aromatic carbocycles. The summed E-state index contributed by atoms with van der Waals surface area (Å²) >= 11 is 0. The normalized spacial score (nSPS) is 11.6. The molecule has 0 fully saturated rings. The van der Waals surface area contributed by atoms with Gasteiger partial charge in [-0.25, -0.2) is 0 Å². The van der Waals surface area contributed by atoms with E-state index in [1.165, 1.54) is 16.5 Å². The molecule has 0 saturated heterocycles. The van der Waals surface area contributed by atoms with Crippen molar-refractivity contribution in [1.29, 1.82) is 0 Å². The highest BCUT2D eigenvalue weighted by Gasteiger charge is 2.19. The molecule has 5 aromatic rings. The maximum Gasteiger partial charge on any atom is 0.0943 e. The number of anilines is 2. The summed E-state index contributed by atoms with van der Waals surface area (Å²) in [6.07, 6.45) is 1.95. The van der Waals surface area contributed by atoms with E-state index >= 15 is 0 Å². The fourth-order valence-corrected chi connectivity index (χ4v) is 4.55. The summed E-state index contributed by atoms with van der Waals surface area (Å²) in [5.41, 5.74) is 8.35. The van der Waals surface area contributed by atoms with E-state index in [0.717, 1.165) is 44.5 Å². The molecule has 5 rings (SSSR count). The van der Waals surface area contributed by atoms with Gasteiger partial charge in [0, 0.05) is 22.5 Å². The minimum Gasteiger partial charge on any atom is -0.352 e. The van der Waals surface area contributed by atoms with Crippen LogP contribution in [0.5, 0.6) is 0 Å². The van der Waals surface area contributed by atoms with Crippen LogP contribution in [0.15, 0.2) is 90.1 Å². The highest BCUT2D eigenvalue weighted by molar-refractivity contribution is 6.10. The molecule has 1 N–H and O–H groups in total. The standard InChI is InChI=1S/C31H29N3/c1-20-11-6-8-13-23(20)25-15-10-16-27(29(25)32-5)34-28-18-22(31(2,3)4)17-26-24-14-9-7-12-21(24)19-33-30(26)28/h6-19,34H,5H2,1-4H3. The van der Waals surface area contributed by atoms with Crippen LogP contribution in [0.4, 0.5) is 17.1 Å². The van der Waals surface area contributed by atoms with Gasteiger partial charge < -0.3 is 5.32 Å². The van der Waals surface area contributed by atoms with E-state index in [0.29, 0.717) is 0 Å². The van der Waals surface area contributed by atoms with Crippen LogP contribution in [0.3, 0.4) is 0 Å². The van der Waals surface area contributed by atoms with Crippen molar-refractivity contribution in [3.63, 3.8) is 0 Å². The molecule has 0 aliphatic rings. The van der Waals surface area contributed by atoms with Gasteiger partial charge in [0.05, 0.1) is 22.6 Å². The summed E-state index contributed by atoms with van der Waals surface area (Å²) in [4.78, 5) is 9.32. The molecule has 1 aromatic heterocycles. The molecule has 0 saturated carbocycles. The fraction of sp³-hybridized carbons (Fsp3) is 0.161. The van der Waals surface area contributed by atoms with Crippen LogP contribution in [-0.4, -0.2) is 11.7 Å². The molecule has 0 spiro atoms. The molecule has 168 valence electrons. The van der Waals surface area contributed by atoms with Crippen LogP contribution < -0.4 is 5.32 Å². The van der Waals surface area contributed by atoms with Gasteiger partial charge in [0.25, 0.3) is 0 Å². The Morgan fingerprint density at radius 1 is 0.794 bits per heavy atom. The summed E-state index contributed by atoms with van der Waals surface area (Å²) in [6.45, 7) is 12.8. The maximum atomic E-state index is 4.87. The molecule has 0 atom stereocenters. The Hall–Kier alpha value is -3.98. The first-order valence-corrected chi connectivity index (χ1v) is 11.6. The Bertz CT molecular complexity index is 1540. The smallest absolute Gasteiger partial charge is 0.0943 e. The van der Waals surface area contributed by atoms with Crippen molar-refractivity contribution in [3.05, 3.63) is 96.2 Å². The Kier molecular flexibility index (Phi) is 5.41. The third-order valence-electron chi connectivity index (χ3n) is 6.46. The lowest BCUT2D eigenvalue weighted by Gasteiger charge is -2.23. The number of hydrogen-bond acceptors (Lipinski definition) is 3. The lowest BCUT2D eigenvalue weighted by atomic mass is 9.85. The lowest BCUT2D eigenvalue weighted by Crippen LogP contribution is -2.11. The average Bonchev–Trinajstić information content (AvgIpc) is 2.83. The highest BCUT2D eigenvalue weighted by atomic mass is 14.9. The second kappa shape index (κ2) is 8.42. The Labute approximate surface area is 201 Å². The largest absolute Gasteiger partial charge is 0.352 e. The molecule has 3 heteroatoms. The molecule has 3 nitrogen and oxygen atoms in total. The van der Waals surface area contributed by atoms with E-state index in [1.54, 1.807) is 0 Å². The SMILES string of the molecule is C=Nc1c(Nc2cc(C(C)(C)C)cc3c2ncc2ccccc23)cccc1-c1ccccc1C. The molecular formula is C31H29N3. The monoisotopic (exact) mass is 443 g/mol. The van der Waals surface area contributed by atoms with Gasteiger partial charge in [-0.15, -0.1) is 0 Å². The van der Waals surface area contributed by atoms with E-state index in [1.807, 2.05) is 6.20 Å². The number of pyridine rings is 1. The molecule has 0 unspecified atom stereocenters. The molecule has 0 amide bonds. The topological polar surface area (TPSA) is 37.3 Å². The minimum atomic E-state index is -0.00984. The predicted octanol–water partition coefficient (Wildman–Crippen LogP) is 8.74. The zero-order valence-electron chi connectivity index (χ0n) is 20.2. The Balaban J connectivity index is 1.73. The Morgan fingerprint density at radius 3 is 2.29 bits per heavy atom. The summed E-state index contributed by atoms with van der Waals surface area (Å²) in [6, 6.07) is 27.5. The summed E-state index contributed by atoms with van der Waals surface area (Å²) in [5.74, 6) is 0. The van der Waals surface area contributed by atoms with Gasteiger partial charge in [-0.05, 0) is 59.3 Å². The molecule has 34 heavy (non-hydrogen) atoms. The van der Waals surface area contributed by atoms with Crippen LogP contribution >= 0.6 is 0 Å². The number of hydrogen-bond donors (Lipinski definition) is 1. The number of nitrogens with one attached hydrogen (secondary N) is 1. The van der Waals surface area contributed by atoms with Crippen molar-refractivity contribution in [3.8, 4) is 11.1 Å². The van der Waals surface area contributed by atoms with E-state index in [2.05, 4.69) is 124 Å². The number of aromatic nitrogens is 1. The van der Waals surface area contributed by atoms with Gasteiger partial charge in [0.2, 0.25) is 0 Å². The van der Waals surface area contributed by atoms with E-state index < -0.39 is 0 Å². The van der Waals surface area contributed by atoms with Crippen LogP contribution in [0.1, 0.15) is 31.9 Å². The average molecular weight is 444 g/mol. The van der Waals surface area contributed by atoms with Crippen molar-refractivity contribution < 1.29 is 0 Å². The van der Waals surface area contributed by atoms with Gasteiger partial charge in [-0.2, -0.15) is 0 Å². The second-order valence-corrected chi connectivity index (χ2v) is 9.82. The van der Waals surface area contributed by atoms with Crippen molar-refractivity contribution in [2.75, 3.05) is 5.32 Å². The third kappa shape index (κ3) is 3.84. The number of nitrogens with zero attached hydrogens (tertiary/aromatic N) is 2. The van der Waals surface area contributed by atoms with E-state index in [9.17, 15) is 0 Å². The molecule has 0 bridgehead atoms. The van der Waals surface area contributed by atoms with Gasteiger partial charge in [-0.1, -0.05) is 81.4 Å². The van der Waals surface area contributed by atoms with E-state index in [4.69, 9.17) is 4.98 Å². The number of aryl methyl sites for hydroxylation is 1. The van der Waals surface area contributed by atoms with Crippen LogP contribution in [0, 0.1) is 6.92 Å². The number of rotatable bonds is 4. The van der Waals surface area contributed by atoms with Crippen LogP contribution in [0.25, 0.3) is 32.8 Å². The van der Waals surface area contributed by atoms with Crippen LogP contribution in [0.2, 0.25) is 0 Å². The molecule has 0 aliphatic carbocycles. The highest BCUT2D eigenvalue weighted by Crippen LogP contribution is 2.41. The maximum absolute atomic E-state index is 4.87. The Morgan fingerprint density at radius 2 is 1.53 bits per heavy atom. The zero-order chi connectivity index (χ0) is 23.9. The zero-order valence-corrected chi connectivity index (χ0v) is 20.2. The van der Waals surface area contributed by atoms with E-state index in [-0.39, 0.29) is 5.41 Å². The van der Waals surface area contributed by atoms with Gasteiger partial charge in [-0.3, -0.25) is 9.98 Å². The van der Waals surface area contributed by atoms with Crippen molar-refractivity contribution >= 4 is 45.5 Å².